The van der Waals surface area contributed by atoms with E-state index in [4.69, 9.17) is 0 Å². The van der Waals surface area contributed by atoms with Crippen LogP contribution in [0.3, 0.4) is 0 Å². The maximum atomic E-state index is 11.5. The molecule has 2 N–H and O–H groups in total. The molecule has 88 valence electrons. The fraction of sp³-hybridized carbons (Fsp3) is 0.889. The highest BCUT2D eigenvalue weighted by molar-refractivity contribution is 7.90. The van der Waals surface area contributed by atoms with Crippen molar-refractivity contribution in [2.45, 2.75) is 50.9 Å². The third-order valence-corrected chi connectivity index (χ3v) is 4.20. The van der Waals surface area contributed by atoms with Gasteiger partial charge in [0, 0.05) is 6.04 Å². The van der Waals surface area contributed by atoms with E-state index in [1.807, 2.05) is 0 Å². The second-order valence-corrected chi connectivity index (χ2v) is 6.48. The average Bonchev–Trinajstić information content (AvgIpc) is 2.86. The molecule has 1 rings (SSSR count). The van der Waals surface area contributed by atoms with Crippen LogP contribution in [0.1, 0.15) is 33.6 Å². The van der Waals surface area contributed by atoms with Gasteiger partial charge in [0.05, 0.1) is 11.3 Å². The second-order valence-electron chi connectivity index (χ2n) is 4.22. The van der Waals surface area contributed by atoms with Crippen LogP contribution in [0.4, 0.5) is 0 Å². The lowest BCUT2D eigenvalue weighted by molar-refractivity contribution is -0.122. The summed E-state index contributed by atoms with van der Waals surface area (Å²) in [5, 5.41) is 2.23. The van der Waals surface area contributed by atoms with Crippen molar-refractivity contribution in [2.24, 2.45) is 0 Å². The molecule has 1 fully saturated rings. The predicted octanol–water partition coefficient (Wildman–Crippen LogP) is -0.0187. The van der Waals surface area contributed by atoms with Crippen LogP contribution in [0.5, 0.6) is 0 Å². The Morgan fingerprint density at radius 1 is 1.27 bits per heavy atom. The summed E-state index contributed by atoms with van der Waals surface area (Å²) < 4.78 is 25.3. The standard InChI is InChI=1S/C9H18N2O3S/c1-6(2)15(13,14)11-7(3)9(12)10-8-4-5-8/h6-8,11H,4-5H2,1-3H3,(H,10,12). The van der Waals surface area contributed by atoms with Crippen LogP contribution in [-0.2, 0) is 14.8 Å². The van der Waals surface area contributed by atoms with Crippen molar-refractivity contribution in [3.8, 4) is 0 Å². The van der Waals surface area contributed by atoms with Crippen molar-refractivity contribution in [3.05, 3.63) is 0 Å². The number of hydrogen-bond donors (Lipinski definition) is 2. The van der Waals surface area contributed by atoms with Gasteiger partial charge in [0.1, 0.15) is 0 Å². The molecular weight excluding hydrogens is 216 g/mol. The van der Waals surface area contributed by atoms with Gasteiger partial charge in [-0.25, -0.2) is 13.1 Å². The number of nitrogens with one attached hydrogen (secondary N) is 2. The first-order valence-corrected chi connectivity index (χ1v) is 6.69. The summed E-state index contributed by atoms with van der Waals surface area (Å²) in [5.41, 5.74) is 0. The van der Waals surface area contributed by atoms with Gasteiger partial charge in [-0.05, 0) is 33.6 Å². The number of amides is 1. The maximum Gasteiger partial charge on any atom is 0.238 e. The summed E-state index contributed by atoms with van der Waals surface area (Å²) in [6.45, 7) is 4.71. The molecule has 0 radical (unpaired) electrons. The van der Waals surface area contributed by atoms with E-state index in [1.54, 1.807) is 20.8 Å². The molecule has 0 aromatic carbocycles. The van der Waals surface area contributed by atoms with Gasteiger partial charge in [-0.1, -0.05) is 0 Å². The Kier molecular flexibility index (Phi) is 3.72. The highest BCUT2D eigenvalue weighted by atomic mass is 32.2. The van der Waals surface area contributed by atoms with Gasteiger partial charge in [0.25, 0.3) is 0 Å². The zero-order valence-electron chi connectivity index (χ0n) is 9.28. The lowest BCUT2D eigenvalue weighted by Crippen LogP contribution is -2.47. The molecule has 6 heteroatoms. The van der Waals surface area contributed by atoms with Gasteiger partial charge in [-0.15, -0.1) is 0 Å². The van der Waals surface area contributed by atoms with E-state index in [0.29, 0.717) is 0 Å². The van der Waals surface area contributed by atoms with Gasteiger partial charge < -0.3 is 5.32 Å². The third-order valence-electron chi connectivity index (χ3n) is 2.28. The summed E-state index contributed by atoms with van der Waals surface area (Å²) >= 11 is 0. The first kappa shape index (κ1) is 12.4. The van der Waals surface area contributed by atoms with E-state index < -0.39 is 21.3 Å². The van der Waals surface area contributed by atoms with Crippen LogP contribution in [0.15, 0.2) is 0 Å². The summed E-state index contributed by atoms with van der Waals surface area (Å²) in [6.07, 6.45) is 1.99. The Balaban J connectivity index is 2.46. The normalized spacial score (nSPS) is 18.9. The van der Waals surface area contributed by atoms with Gasteiger partial charge in [0.15, 0.2) is 0 Å². The molecule has 1 unspecified atom stereocenters. The van der Waals surface area contributed by atoms with E-state index in [0.717, 1.165) is 12.8 Å². The van der Waals surface area contributed by atoms with Crippen molar-refractivity contribution in [2.75, 3.05) is 0 Å². The molecule has 1 atom stereocenters. The molecule has 1 amide bonds. The molecule has 1 aliphatic carbocycles. The molecule has 0 saturated heterocycles. The van der Waals surface area contributed by atoms with Crippen molar-refractivity contribution in [1.82, 2.24) is 10.0 Å². The predicted molar refractivity (Wildman–Crippen MR) is 57.8 cm³/mol. The zero-order valence-corrected chi connectivity index (χ0v) is 10.1. The van der Waals surface area contributed by atoms with Gasteiger partial charge in [-0.3, -0.25) is 4.79 Å². The number of carbonyl (C=O) groups excluding carboxylic acids is 1. The number of carbonyl (C=O) groups is 1. The minimum Gasteiger partial charge on any atom is -0.352 e. The fourth-order valence-corrected chi connectivity index (χ4v) is 1.86. The quantitative estimate of drug-likeness (QED) is 0.702. The molecule has 0 aromatic heterocycles. The maximum absolute atomic E-state index is 11.5. The monoisotopic (exact) mass is 234 g/mol. The minimum absolute atomic E-state index is 0.248. The van der Waals surface area contributed by atoms with E-state index in [1.165, 1.54) is 0 Å². The lowest BCUT2D eigenvalue weighted by atomic mass is 10.3. The van der Waals surface area contributed by atoms with Crippen molar-refractivity contribution in [1.29, 1.82) is 0 Å². The van der Waals surface area contributed by atoms with Gasteiger partial charge in [0.2, 0.25) is 15.9 Å². The molecule has 0 spiro atoms. The lowest BCUT2D eigenvalue weighted by Gasteiger charge is -2.15. The Hall–Kier alpha value is -0.620. The van der Waals surface area contributed by atoms with Crippen LogP contribution < -0.4 is 10.0 Å². The molecular formula is C9H18N2O3S. The summed E-state index contributed by atoms with van der Waals surface area (Å²) in [6, 6.07) is -0.443. The van der Waals surface area contributed by atoms with E-state index in [-0.39, 0.29) is 11.9 Å². The minimum atomic E-state index is -3.37. The number of rotatable bonds is 5. The van der Waals surface area contributed by atoms with E-state index >= 15 is 0 Å². The third kappa shape index (κ3) is 3.79. The molecule has 0 aromatic rings. The fourth-order valence-electron chi connectivity index (χ4n) is 0.990. The Morgan fingerprint density at radius 2 is 1.80 bits per heavy atom. The van der Waals surface area contributed by atoms with Crippen LogP contribution in [0.25, 0.3) is 0 Å². The largest absolute Gasteiger partial charge is 0.352 e. The van der Waals surface area contributed by atoms with E-state index in [9.17, 15) is 13.2 Å². The summed E-state index contributed by atoms with van der Waals surface area (Å²) in [7, 11) is -3.37. The Bertz CT molecular complexity index is 333. The van der Waals surface area contributed by atoms with Crippen LogP contribution in [0.2, 0.25) is 0 Å². The molecule has 1 aliphatic rings. The van der Waals surface area contributed by atoms with Crippen LogP contribution in [-0.4, -0.2) is 31.7 Å². The van der Waals surface area contributed by atoms with E-state index in [2.05, 4.69) is 10.0 Å². The highest BCUT2D eigenvalue weighted by Gasteiger charge is 2.28. The van der Waals surface area contributed by atoms with Gasteiger partial charge >= 0.3 is 0 Å². The van der Waals surface area contributed by atoms with Crippen molar-refractivity contribution in [3.63, 3.8) is 0 Å². The smallest absolute Gasteiger partial charge is 0.238 e. The van der Waals surface area contributed by atoms with Crippen LogP contribution >= 0.6 is 0 Å². The molecule has 0 heterocycles. The first-order valence-electron chi connectivity index (χ1n) is 5.14. The second kappa shape index (κ2) is 4.49. The van der Waals surface area contributed by atoms with Crippen molar-refractivity contribution < 1.29 is 13.2 Å². The number of sulfonamides is 1. The molecule has 0 aliphatic heterocycles. The first-order chi connectivity index (χ1) is 6.83. The summed E-state index contributed by atoms with van der Waals surface area (Å²) in [5.74, 6) is -0.248. The molecule has 1 saturated carbocycles. The Labute approximate surface area is 90.7 Å². The molecule has 5 nitrogen and oxygen atoms in total. The summed E-state index contributed by atoms with van der Waals surface area (Å²) in [4.78, 5) is 11.5. The Morgan fingerprint density at radius 3 is 2.20 bits per heavy atom. The molecule has 15 heavy (non-hydrogen) atoms. The molecule has 0 bridgehead atoms. The SMILES string of the molecule is CC(NS(=O)(=O)C(C)C)C(=O)NC1CC1. The number of hydrogen-bond acceptors (Lipinski definition) is 3. The highest BCUT2D eigenvalue weighted by Crippen LogP contribution is 2.18. The average molecular weight is 234 g/mol. The van der Waals surface area contributed by atoms with Gasteiger partial charge in [-0.2, -0.15) is 0 Å². The zero-order chi connectivity index (χ0) is 11.6. The van der Waals surface area contributed by atoms with Crippen molar-refractivity contribution >= 4 is 15.9 Å². The van der Waals surface area contributed by atoms with Crippen LogP contribution in [0, 0.1) is 0 Å². The topological polar surface area (TPSA) is 75.3 Å².